The van der Waals surface area contributed by atoms with E-state index in [-0.39, 0.29) is 0 Å². The average Bonchev–Trinajstić information content (AvgIpc) is 3.20. The molecule has 2 aromatic heterocycles. The minimum atomic E-state index is -0.462. The van der Waals surface area contributed by atoms with E-state index in [1.807, 2.05) is 66.6 Å². The summed E-state index contributed by atoms with van der Waals surface area (Å²) in [4.78, 5) is 2.06. The maximum Gasteiger partial charge on any atom is 0.0862 e. The van der Waals surface area contributed by atoms with Crippen LogP contribution in [-0.4, -0.2) is 49.3 Å². The molecular weight excluding hydrogens is 290 g/mol. The Morgan fingerprint density at radius 1 is 1.13 bits per heavy atom. The van der Waals surface area contributed by atoms with Crippen molar-refractivity contribution in [2.45, 2.75) is 19.2 Å². The third-order valence-electron chi connectivity index (χ3n) is 3.58. The van der Waals surface area contributed by atoms with Crippen molar-refractivity contribution in [1.29, 1.82) is 0 Å². The van der Waals surface area contributed by atoms with Gasteiger partial charge in [-0.1, -0.05) is 18.2 Å². The van der Waals surface area contributed by atoms with Crippen molar-refractivity contribution in [2.24, 2.45) is 0 Å². The first-order chi connectivity index (χ1) is 11.2. The predicted molar refractivity (Wildman–Crippen MR) is 88.1 cm³/mol. The number of hydrogen-bond donors (Lipinski definition) is 1. The highest BCUT2D eigenvalue weighted by atomic mass is 16.3. The lowest BCUT2D eigenvalue weighted by Crippen LogP contribution is -2.32. The van der Waals surface area contributed by atoms with Crippen molar-refractivity contribution in [3.63, 3.8) is 0 Å². The third kappa shape index (κ3) is 4.28. The number of hydrogen-bond acceptors (Lipinski definition) is 4. The quantitative estimate of drug-likeness (QED) is 0.719. The first-order valence-electron chi connectivity index (χ1n) is 7.65. The molecule has 0 fully saturated rings. The number of aliphatic hydroxyl groups excluding tert-OH is 1. The third-order valence-corrected chi connectivity index (χ3v) is 3.58. The lowest BCUT2D eigenvalue weighted by Gasteiger charge is -2.19. The van der Waals surface area contributed by atoms with Crippen LogP contribution in [0.4, 0.5) is 0 Å². The van der Waals surface area contributed by atoms with E-state index in [9.17, 15) is 5.11 Å². The summed E-state index contributed by atoms with van der Waals surface area (Å²) in [5, 5.41) is 18.8. The molecule has 0 radical (unpaired) electrons. The summed E-state index contributed by atoms with van der Waals surface area (Å²) in [5.74, 6) is 0. The molecule has 0 aliphatic heterocycles. The van der Waals surface area contributed by atoms with E-state index in [2.05, 4.69) is 15.1 Å². The van der Waals surface area contributed by atoms with Crippen LogP contribution in [0.3, 0.4) is 0 Å². The van der Waals surface area contributed by atoms with E-state index in [4.69, 9.17) is 0 Å². The fraction of sp³-hybridized carbons (Fsp3) is 0.294. The molecule has 0 aliphatic rings. The maximum absolute atomic E-state index is 10.1. The molecule has 0 unspecified atom stereocenters. The molecule has 23 heavy (non-hydrogen) atoms. The summed E-state index contributed by atoms with van der Waals surface area (Å²) in [6.07, 6.45) is 5.06. The zero-order chi connectivity index (χ0) is 16.1. The van der Waals surface area contributed by atoms with Gasteiger partial charge >= 0.3 is 0 Å². The van der Waals surface area contributed by atoms with Gasteiger partial charge in [0.2, 0.25) is 0 Å². The van der Waals surface area contributed by atoms with Gasteiger partial charge in [0.15, 0.2) is 0 Å². The molecule has 0 aliphatic carbocycles. The Morgan fingerprint density at radius 2 is 1.96 bits per heavy atom. The number of aliphatic hydroxyl groups is 1. The van der Waals surface area contributed by atoms with E-state index >= 15 is 0 Å². The highest BCUT2D eigenvalue weighted by Crippen LogP contribution is 2.08. The van der Waals surface area contributed by atoms with Crippen LogP contribution in [0.25, 0.3) is 5.69 Å². The summed E-state index contributed by atoms with van der Waals surface area (Å²) in [5.41, 5.74) is 2.02. The Balaban J connectivity index is 1.54. The summed E-state index contributed by atoms with van der Waals surface area (Å²) < 4.78 is 3.60. The number of para-hydroxylation sites is 1. The van der Waals surface area contributed by atoms with Gasteiger partial charge in [0.05, 0.1) is 24.0 Å². The Hall–Kier alpha value is -2.44. The lowest BCUT2D eigenvalue weighted by atomic mass is 10.3. The molecule has 0 amide bonds. The van der Waals surface area contributed by atoms with E-state index in [0.717, 1.165) is 11.4 Å². The SMILES string of the molecule is CN(Cc1ccn(-c2ccccc2)n1)C[C@@H](O)Cn1cccn1. The summed E-state index contributed by atoms with van der Waals surface area (Å²) in [6.45, 7) is 1.75. The topological polar surface area (TPSA) is 59.1 Å². The first kappa shape index (κ1) is 15.5. The minimum absolute atomic E-state index is 0.462. The number of likely N-dealkylation sites (N-methyl/N-ethyl adjacent to an activating group) is 1. The summed E-state index contributed by atoms with van der Waals surface area (Å²) in [7, 11) is 1.98. The second-order valence-corrected chi connectivity index (χ2v) is 5.67. The molecule has 1 atom stereocenters. The Kier molecular flexibility index (Phi) is 4.85. The molecule has 120 valence electrons. The first-order valence-corrected chi connectivity index (χ1v) is 7.65. The molecule has 1 N–H and O–H groups in total. The van der Waals surface area contributed by atoms with Gasteiger partial charge in [-0.3, -0.25) is 9.58 Å². The van der Waals surface area contributed by atoms with Crippen molar-refractivity contribution in [3.05, 3.63) is 66.7 Å². The molecule has 6 heteroatoms. The van der Waals surface area contributed by atoms with Crippen molar-refractivity contribution < 1.29 is 5.11 Å². The number of aromatic nitrogens is 4. The van der Waals surface area contributed by atoms with Crippen LogP contribution in [0.5, 0.6) is 0 Å². The van der Waals surface area contributed by atoms with E-state index in [1.54, 1.807) is 10.9 Å². The fourth-order valence-electron chi connectivity index (χ4n) is 2.55. The Bertz CT molecular complexity index is 708. The number of rotatable bonds is 7. The second kappa shape index (κ2) is 7.21. The van der Waals surface area contributed by atoms with E-state index in [0.29, 0.717) is 19.6 Å². The molecule has 1 aromatic carbocycles. The monoisotopic (exact) mass is 311 g/mol. The van der Waals surface area contributed by atoms with Crippen LogP contribution in [-0.2, 0) is 13.1 Å². The normalized spacial score (nSPS) is 12.7. The van der Waals surface area contributed by atoms with E-state index in [1.165, 1.54) is 0 Å². The second-order valence-electron chi connectivity index (χ2n) is 5.67. The van der Waals surface area contributed by atoms with Crippen molar-refractivity contribution in [3.8, 4) is 5.69 Å². The van der Waals surface area contributed by atoms with Gasteiger partial charge < -0.3 is 5.11 Å². The molecular formula is C17H21N5O. The zero-order valence-electron chi connectivity index (χ0n) is 13.2. The van der Waals surface area contributed by atoms with Crippen molar-refractivity contribution in [2.75, 3.05) is 13.6 Å². The van der Waals surface area contributed by atoms with Gasteiger partial charge in [0.1, 0.15) is 0 Å². The highest BCUT2D eigenvalue weighted by Gasteiger charge is 2.11. The lowest BCUT2D eigenvalue weighted by molar-refractivity contribution is 0.103. The number of nitrogens with zero attached hydrogens (tertiary/aromatic N) is 5. The Morgan fingerprint density at radius 3 is 2.70 bits per heavy atom. The van der Waals surface area contributed by atoms with Crippen LogP contribution in [0, 0.1) is 0 Å². The van der Waals surface area contributed by atoms with Crippen LogP contribution < -0.4 is 0 Å². The number of benzene rings is 1. The van der Waals surface area contributed by atoms with Gasteiger partial charge in [0, 0.05) is 31.7 Å². The van der Waals surface area contributed by atoms with Crippen LogP contribution >= 0.6 is 0 Å². The van der Waals surface area contributed by atoms with Crippen LogP contribution in [0.1, 0.15) is 5.69 Å². The van der Waals surface area contributed by atoms with Gasteiger partial charge in [-0.2, -0.15) is 10.2 Å². The van der Waals surface area contributed by atoms with Crippen LogP contribution in [0.2, 0.25) is 0 Å². The smallest absolute Gasteiger partial charge is 0.0862 e. The van der Waals surface area contributed by atoms with E-state index < -0.39 is 6.10 Å². The van der Waals surface area contributed by atoms with Crippen molar-refractivity contribution >= 4 is 0 Å². The highest BCUT2D eigenvalue weighted by molar-refractivity contribution is 5.30. The molecule has 6 nitrogen and oxygen atoms in total. The minimum Gasteiger partial charge on any atom is -0.390 e. The molecule has 3 rings (SSSR count). The predicted octanol–water partition coefficient (Wildman–Crippen LogP) is 1.56. The van der Waals surface area contributed by atoms with Gasteiger partial charge in [-0.15, -0.1) is 0 Å². The van der Waals surface area contributed by atoms with Crippen LogP contribution in [0.15, 0.2) is 61.1 Å². The molecule has 0 saturated carbocycles. The summed E-state index contributed by atoms with van der Waals surface area (Å²) in [6, 6.07) is 13.9. The molecule has 2 heterocycles. The largest absolute Gasteiger partial charge is 0.390 e. The van der Waals surface area contributed by atoms with Gasteiger partial charge in [0.25, 0.3) is 0 Å². The average molecular weight is 311 g/mol. The fourth-order valence-corrected chi connectivity index (χ4v) is 2.55. The van der Waals surface area contributed by atoms with Gasteiger partial charge in [-0.05, 0) is 31.3 Å². The summed E-state index contributed by atoms with van der Waals surface area (Å²) >= 11 is 0. The standard InChI is InChI=1S/C17H21N5O/c1-20(13-17(23)14-21-10-5-9-18-21)12-15-8-11-22(19-15)16-6-3-2-4-7-16/h2-11,17,23H,12-14H2,1H3/t17-/m1/s1. The van der Waals surface area contributed by atoms with Crippen molar-refractivity contribution in [1.82, 2.24) is 24.5 Å². The molecule has 0 saturated heterocycles. The molecule has 0 spiro atoms. The maximum atomic E-state index is 10.1. The van der Waals surface area contributed by atoms with Gasteiger partial charge in [-0.25, -0.2) is 4.68 Å². The molecule has 0 bridgehead atoms. The Labute approximate surface area is 135 Å². The molecule has 3 aromatic rings. The zero-order valence-corrected chi connectivity index (χ0v) is 13.2.